The zero-order valence-corrected chi connectivity index (χ0v) is 15.9. The van der Waals surface area contributed by atoms with Crippen LogP contribution >= 0.6 is 0 Å². The van der Waals surface area contributed by atoms with Crippen molar-refractivity contribution in [2.24, 2.45) is 5.92 Å². The maximum absolute atomic E-state index is 12.7. The molecule has 1 aliphatic rings. The van der Waals surface area contributed by atoms with Gasteiger partial charge >= 0.3 is 0 Å². The third-order valence-electron chi connectivity index (χ3n) is 4.64. The Morgan fingerprint density at radius 2 is 2.08 bits per heavy atom. The summed E-state index contributed by atoms with van der Waals surface area (Å²) in [5.41, 5.74) is 2.47. The molecule has 0 bridgehead atoms. The van der Waals surface area contributed by atoms with Crippen LogP contribution in [0.15, 0.2) is 18.2 Å². The van der Waals surface area contributed by atoms with Crippen molar-refractivity contribution < 1.29 is 13.2 Å². The zero-order valence-electron chi connectivity index (χ0n) is 15.1. The Balaban J connectivity index is 2.33. The smallest absolute Gasteiger partial charge is 0.243 e. The molecule has 1 saturated heterocycles. The van der Waals surface area contributed by atoms with Gasteiger partial charge in [0.2, 0.25) is 15.9 Å². The molecule has 1 atom stereocenters. The number of para-hydroxylation sites is 1. The Bertz CT molecular complexity index is 700. The van der Waals surface area contributed by atoms with E-state index < -0.39 is 10.0 Å². The molecule has 0 N–H and O–H groups in total. The fraction of sp³-hybridized carbons (Fsp3) is 0.611. The van der Waals surface area contributed by atoms with Crippen LogP contribution in [0, 0.1) is 12.8 Å². The van der Waals surface area contributed by atoms with Gasteiger partial charge in [0, 0.05) is 13.1 Å². The molecule has 0 saturated carbocycles. The number of sulfonamides is 1. The minimum atomic E-state index is -3.53. The summed E-state index contributed by atoms with van der Waals surface area (Å²) >= 11 is 0. The number of rotatable bonds is 5. The van der Waals surface area contributed by atoms with Crippen LogP contribution in [0.2, 0.25) is 0 Å². The van der Waals surface area contributed by atoms with E-state index in [0.717, 1.165) is 36.9 Å². The van der Waals surface area contributed by atoms with Gasteiger partial charge in [0.15, 0.2) is 0 Å². The molecule has 2 rings (SSSR count). The van der Waals surface area contributed by atoms with Crippen LogP contribution in [-0.4, -0.2) is 45.1 Å². The van der Waals surface area contributed by atoms with E-state index in [0.29, 0.717) is 18.2 Å². The molecule has 0 aliphatic carbocycles. The third kappa shape index (κ3) is 4.29. The van der Waals surface area contributed by atoms with Crippen LogP contribution in [0.3, 0.4) is 0 Å². The van der Waals surface area contributed by atoms with Crippen LogP contribution in [0.25, 0.3) is 0 Å². The van der Waals surface area contributed by atoms with E-state index in [1.54, 1.807) is 4.90 Å². The summed E-state index contributed by atoms with van der Waals surface area (Å²) in [6.45, 7) is 7.32. The quantitative estimate of drug-likeness (QED) is 0.818. The Kier molecular flexibility index (Phi) is 5.91. The highest BCUT2D eigenvalue weighted by atomic mass is 32.2. The lowest BCUT2D eigenvalue weighted by Crippen LogP contribution is -2.46. The summed E-state index contributed by atoms with van der Waals surface area (Å²) in [5.74, 6) is 0.358. The van der Waals surface area contributed by atoms with Crippen molar-refractivity contribution in [3.63, 3.8) is 0 Å². The fourth-order valence-electron chi connectivity index (χ4n) is 3.36. The normalized spacial score (nSPS) is 18.5. The maximum Gasteiger partial charge on any atom is 0.243 e. The first kappa shape index (κ1) is 18.8. The molecular weight excluding hydrogens is 324 g/mol. The van der Waals surface area contributed by atoms with Crippen LogP contribution in [-0.2, 0) is 21.2 Å². The molecule has 6 heteroatoms. The summed E-state index contributed by atoms with van der Waals surface area (Å²) in [6.07, 6.45) is 4.00. The van der Waals surface area contributed by atoms with E-state index in [1.807, 2.05) is 32.0 Å². The standard InChI is InChI=1S/C18H28N2O3S/c1-5-16-10-6-9-15(3)18(16)20(24(4,22)23)13-17(21)19-11-7-8-14(2)12-19/h6,9-10,14H,5,7-8,11-13H2,1-4H3. The summed E-state index contributed by atoms with van der Waals surface area (Å²) < 4.78 is 26.1. The van der Waals surface area contributed by atoms with Gasteiger partial charge in [0.05, 0.1) is 11.9 Å². The number of hydrogen-bond acceptors (Lipinski definition) is 3. The Morgan fingerprint density at radius 3 is 2.67 bits per heavy atom. The van der Waals surface area contributed by atoms with Crippen molar-refractivity contribution in [3.8, 4) is 0 Å². The lowest BCUT2D eigenvalue weighted by atomic mass is 10.0. The lowest BCUT2D eigenvalue weighted by molar-refractivity contribution is -0.131. The minimum absolute atomic E-state index is 0.114. The highest BCUT2D eigenvalue weighted by Crippen LogP contribution is 2.28. The molecule has 134 valence electrons. The highest BCUT2D eigenvalue weighted by molar-refractivity contribution is 7.92. The summed E-state index contributed by atoms with van der Waals surface area (Å²) in [6, 6.07) is 5.74. The van der Waals surface area contributed by atoms with Crippen molar-refractivity contribution in [3.05, 3.63) is 29.3 Å². The first-order chi connectivity index (χ1) is 11.2. The number of nitrogens with zero attached hydrogens (tertiary/aromatic N) is 2. The molecular formula is C18H28N2O3S. The topological polar surface area (TPSA) is 57.7 Å². The lowest BCUT2D eigenvalue weighted by Gasteiger charge is -2.33. The van der Waals surface area contributed by atoms with Gasteiger partial charge in [0.1, 0.15) is 6.54 Å². The molecule has 1 aromatic carbocycles. The molecule has 1 aromatic rings. The molecule has 1 heterocycles. The van der Waals surface area contributed by atoms with Gasteiger partial charge in [-0.25, -0.2) is 8.42 Å². The van der Waals surface area contributed by atoms with Gasteiger partial charge in [-0.15, -0.1) is 0 Å². The molecule has 1 amide bonds. The van der Waals surface area contributed by atoms with Crippen LogP contribution in [0.1, 0.15) is 37.8 Å². The Hall–Kier alpha value is -1.56. The van der Waals surface area contributed by atoms with E-state index in [1.165, 1.54) is 10.6 Å². The number of piperidine rings is 1. The minimum Gasteiger partial charge on any atom is -0.341 e. The number of benzene rings is 1. The number of hydrogen-bond donors (Lipinski definition) is 0. The van der Waals surface area contributed by atoms with Crippen molar-refractivity contribution in [1.29, 1.82) is 0 Å². The van der Waals surface area contributed by atoms with Crippen molar-refractivity contribution >= 4 is 21.6 Å². The number of amides is 1. The zero-order chi connectivity index (χ0) is 17.9. The average molecular weight is 353 g/mol. The van der Waals surface area contributed by atoms with Crippen molar-refractivity contribution in [1.82, 2.24) is 4.90 Å². The van der Waals surface area contributed by atoms with E-state index in [2.05, 4.69) is 6.92 Å². The third-order valence-corrected chi connectivity index (χ3v) is 5.75. The molecule has 24 heavy (non-hydrogen) atoms. The van der Waals surface area contributed by atoms with Gasteiger partial charge in [-0.3, -0.25) is 9.10 Å². The molecule has 5 nitrogen and oxygen atoms in total. The molecule has 1 aliphatic heterocycles. The number of likely N-dealkylation sites (tertiary alicyclic amines) is 1. The van der Waals surface area contributed by atoms with Crippen molar-refractivity contribution in [2.45, 2.75) is 40.0 Å². The number of anilines is 1. The largest absolute Gasteiger partial charge is 0.341 e. The monoisotopic (exact) mass is 352 g/mol. The van der Waals surface area contributed by atoms with Crippen LogP contribution < -0.4 is 4.31 Å². The number of carbonyl (C=O) groups excluding carboxylic acids is 1. The molecule has 0 spiro atoms. The highest BCUT2D eigenvalue weighted by Gasteiger charge is 2.28. The summed E-state index contributed by atoms with van der Waals surface area (Å²) in [7, 11) is -3.53. The van der Waals surface area contributed by atoms with Gasteiger partial charge < -0.3 is 4.90 Å². The first-order valence-electron chi connectivity index (χ1n) is 8.58. The van der Waals surface area contributed by atoms with Crippen molar-refractivity contribution in [2.75, 3.05) is 30.2 Å². The fourth-order valence-corrected chi connectivity index (χ4v) is 4.30. The second-order valence-corrected chi connectivity index (χ2v) is 8.70. The van der Waals surface area contributed by atoms with E-state index in [-0.39, 0.29) is 12.5 Å². The predicted molar refractivity (Wildman–Crippen MR) is 97.7 cm³/mol. The molecule has 0 radical (unpaired) electrons. The molecule has 1 fully saturated rings. The Morgan fingerprint density at radius 1 is 1.38 bits per heavy atom. The van der Waals surface area contributed by atoms with E-state index >= 15 is 0 Å². The van der Waals surface area contributed by atoms with Gasteiger partial charge in [-0.2, -0.15) is 0 Å². The predicted octanol–water partition coefficient (Wildman–Crippen LogP) is 2.58. The number of aryl methyl sites for hydroxylation is 2. The molecule has 1 unspecified atom stereocenters. The Labute approximate surface area is 145 Å². The molecule has 0 aromatic heterocycles. The van der Waals surface area contributed by atoms with Gasteiger partial charge in [0.25, 0.3) is 0 Å². The first-order valence-corrected chi connectivity index (χ1v) is 10.4. The van der Waals surface area contributed by atoms with E-state index in [4.69, 9.17) is 0 Å². The summed E-state index contributed by atoms with van der Waals surface area (Å²) in [4.78, 5) is 14.5. The number of carbonyl (C=O) groups is 1. The average Bonchev–Trinajstić information content (AvgIpc) is 2.51. The van der Waals surface area contributed by atoms with Crippen LogP contribution in [0.4, 0.5) is 5.69 Å². The van der Waals surface area contributed by atoms with Crippen LogP contribution in [0.5, 0.6) is 0 Å². The van der Waals surface area contributed by atoms with E-state index in [9.17, 15) is 13.2 Å². The van der Waals surface area contributed by atoms with Gasteiger partial charge in [-0.05, 0) is 43.2 Å². The second kappa shape index (κ2) is 7.55. The second-order valence-electron chi connectivity index (χ2n) is 6.79. The maximum atomic E-state index is 12.7. The summed E-state index contributed by atoms with van der Waals surface area (Å²) in [5, 5.41) is 0. The SMILES string of the molecule is CCc1cccc(C)c1N(CC(=O)N1CCCC(C)C1)S(C)(=O)=O. The van der Waals surface area contributed by atoms with Gasteiger partial charge in [-0.1, -0.05) is 32.0 Å².